The summed E-state index contributed by atoms with van der Waals surface area (Å²) in [5.41, 5.74) is 5.84. The van der Waals surface area contributed by atoms with Crippen molar-refractivity contribution < 1.29 is 48.7 Å². The SMILES string of the molecule is COc1ccc2c(c1)C(=O)NC(c1ccc(OCCCOc3cc(-c4cc(-c5cc(CO)c(CO)c(CO)c5)on4)ccc3OC)c(CO)c1)N2. The quantitative estimate of drug-likeness (QED) is 0.0831. The van der Waals surface area contributed by atoms with Crippen LogP contribution in [0.5, 0.6) is 23.0 Å². The largest absolute Gasteiger partial charge is 0.497 e. The van der Waals surface area contributed by atoms with Crippen LogP contribution >= 0.6 is 0 Å². The molecule has 1 aliphatic rings. The molecule has 1 atom stereocenters. The van der Waals surface area contributed by atoms with Gasteiger partial charge in [0, 0.05) is 34.9 Å². The van der Waals surface area contributed by atoms with Crippen molar-refractivity contribution in [3.05, 3.63) is 106 Å². The van der Waals surface area contributed by atoms with Crippen LogP contribution in [0.25, 0.3) is 22.6 Å². The molecule has 51 heavy (non-hydrogen) atoms. The monoisotopic (exact) mass is 697 g/mol. The lowest BCUT2D eigenvalue weighted by molar-refractivity contribution is 0.0935. The summed E-state index contributed by atoms with van der Waals surface area (Å²) in [6.07, 6.45) is 0.0381. The van der Waals surface area contributed by atoms with Crippen LogP contribution in [-0.4, -0.2) is 58.9 Å². The van der Waals surface area contributed by atoms with Crippen LogP contribution in [0.4, 0.5) is 5.69 Å². The summed E-state index contributed by atoms with van der Waals surface area (Å²) < 4.78 is 28.4. The van der Waals surface area contributed by atoms with Crippen LogP contribution in [0.3, 0.4) is 0 Å². The average molecular weight is 698 g/mol. The topological polar surface area (TPSA) is 185 Å². The van der Waals surface area contributed by atoms with E-state index in [2.05, 4.69) is 15.8 Å². The summed E-state index contributed by atoms with van der Waals surface area (Å²) in [5, 5.41) is 49.8. The minimum atomic E-state index is -0.489. The highest BCUT2D eigenvalue weighted by atomic mass is 16.5. The third-order valence-corrected chi connectivity index (χ3v) is 8.63. The number of nitrogens with one attached hydrogen (secondary N) is 2. The van der Waals surface area contributed by atoms with E-state index in [1.165, 1.54) is 0 Å². The molecule has 0 aliphatic carbocycles. The van der Waals surface area contributed by atoms with E-state index in [9.17, 15) is 25.2 Å². The van der Waals surface area contributed by atoms with Gasteiger partial charge in [-0.15, -0.1) is 0 Å². The summed E-state index contributed by atoms with van der Waals surface area (Å²) in [6, 6.07) is 21.2. The number of hydrogen-bond acceptors (Lipinski definition) is 12. The van der Waals surface area contributed by atoms with Crippen LogP contribution in [-0.2, 0) is 26.4 Å². The van der Waals surface area contributed by atoms with Gasteiger partial charge in [0.15, 0.2) is 17.3 Å². The van der Waals surface area contributed by atoms with E-state index in [0.29, 0.717) is 98.7 Å². The number of ether oxygens (including phenoxy) is 4. The number of methoxy groups -OCH3 is 2. The molecule has 13 nitrogen and oxygen atoms in total. The van der Waals surface area contributed by atoms with Crippen LogP contribution in [0, 0.1) is 0 Å². The lowest BCUT2D eigenvalue weighted by Crippen LogP contribution is -2.38. The molecule has 1 amide bonds. The number of aliphatic hydroxyl groups is 4. The third-order valence-electron chi connectivity index (χ3n) is 8.63. The van der Waals surface area contributed by atoms with Crippen molar-refractivity contribution in [1.29, 1.82) is 0 Å². The van der Waals surface area contributed by atoms with E-state index in [0.717, 1.165) is 5.56 Å². The fraction of sp³-hybridized carbons (Fsp3) is 0.263. The number of carbonyl (C=O) groups excluding carboxylic acids is 1. The molecule has 0 saturated carbocycles. The highest BCUT2D eigenvalue weighted by Gasteiger charge is 2.26. The van der Waals surface area contributed by atoms with Crippen molar-refractivity contribution in [3.63, 3.8) is 0 Å². The first-order chi connectivity index (χ1) is 24.9. The minimum Gasteiger partial charge on any atom is -0.497 e. The summed E-state index contributed by atoms with van der Waals surface area (Å²) >= 11 is 0. The normalized spacial score (nSPS) is 13.6. The maximum Gasteiger partial charge on any atom is 0.255 e. The van der Waals surface area contributed by atoms with Gasteiger partial charge in [-0.3, -0.25) is 4.79 Å². The molecule has 0 radical (unpaired) electrons. The highest BCUT2D eigenvalue weighted by molar-refractivity contribution is 6.02. The molecular formula is C38H39N3O10. The Morgan fingerprint density at radius 1 is 0.706 bits per heavy atom. The number of nitrogens with zero attached hydrogens (tertiary/aromatic N) is 1. The molecule has 1 aliphatic heterocycles. The molecule has 0 fully saturated rings. The van der Waals surface area contributed by atoms with Gasteiger partial charge in [0.05, 0.1) is 59.4 Å². The third kappa shape index (κ3) is 7.61. The molecule has 2 heterocycles. The molecule has 6 rings (SSSR count). The zero-order chi connectivity index (χ0) is 35.9. The predicted octanol–water partition coefficient (Wildman–Crippen LogP) is 4.70. The summed E-state index contributed by atoms with van der Waals surface area (Å²) in [5.74, 6) is 2.35. The Bertz CT molecular complexity index is 1990. The second-order valence-corrected chi connectivity index (χ2v) is 11.7. The Kier molecular flexibility index (Phi) is 11.0. The van der Waals surface area contributed by atoms with E-state index in [4.69, 9.17) is 23.5 Å². The number of aromatic nitrogens is 1. The van der Waals surface area contributed by atoms with Gasteiger partial charge in [-0.1, -0.05) is 11.2 Å². The van der Waals surface area contributed by atoms with Gasteiger partial charge in [-0.2, -0.15) is 0 Å². The summed E-state index contributed by atoms with van der Waals surface area (Å²) in [4.78, 5) is 12.8. The van der Waals surface area contributed by atoms with Gasteiger partial charge >= 0.3 is 0 Å². The van der Waals surface area contributed by atoms with Crippen LogP contribution in [0.1, 0.15) is 50.8 Å². The molecule has 1 aromatic heterocycles. The fourth-order valence-corrected chi connectivity index (χ4v) is 5.92. The van der Waals surface area contributed by atoms with Crippen molar-refractivity contribution in [2.24, 2.45) is 0 Å². The van der Waals surface area contributed by atoms with Gasteiger partial charge < -0.3 is 54.5 Å². The first kappa shape index (κ1) is 35.2. The Balaban J connectivity index is 1.07. The van der Waals surface area contributed by atoms with Gasteiger partial charge in [0.25, 0.3) is 5.91 Å². The van der Waals surface area contributed by atoms with E-state index >= 15 is 0 Å². The van der Waals surface area contributed by atoms with Crippen LogP contribution in [0.15, 0.2) is 77.3 Å². The zero-order valence-corrected chi connectivity index (χ0v) is 28.1. The summed E-state index contributed by atoms with van der Waals surface area (Å²) in [7, 11) is 3.10. The lowest BCUT2D eigenvalue weighted by atomic mass is 9.97. The molecule has 6 N–H and O–H groups in total. The number of anilines is 1. The van der Waals surface area contributed by atoms with E-state index in [1.54, 1.807) is 74.9 Å². The predicted molar refractivity (Wildman–Crippen MR) is 186 cm³/mol. The molecular weight excluding hydrogens is 658 g/mol. The first-order valence-electron chi connectivity index (χ1n) is 16.3. The van der Waals surface area contributed by atoms with Crippen molar-refractivity contribution >= 4 is 11.6 Å². The maximum absolute atomic E-state index is 12.8. The zero-order valence-electron chi connectivity index (χ0n) is 28.1. The number of carbonyl (C=O) groups is 1. The fourth-order valence-electron chi connectivity index (χ4n) is 5.92. The lowest BCUT2D eigenvalue weighted by Gasteiger charge is -2.29. The van der Waals surface area contributed by atoms with Gasteiger partial charge in [-0.25, -0.2) is 0 Å². The molecule has 0 spiro atoms. The highest BCUT2D eigenvalue weighted by Crippen LogP contribution is 2.35. The number of rotatable bonds is 15. The minimum absolute atomic E-state index is 0.230. The number of amides is 1. The van der Waals surface area contributed by atoms with Crippen molar-refractivity contribution in [1.82, 2.24) is 10.5 Å². The Hall–Kier alpha value is -5.60. The van der Waals surface area contributed by atoms with Gasteiger partial charge in [0.1, 0.15) is 23.4 Å². The molecule has 4 aromatic carbocycles. The van der Waals surface area contributed by atoms with E-state index < -0.39 is 6.17 Å². The standard InChI is InChI=1S/C38H39N3O10/c1-47-28-6-7-31-29(16-28)38(46)40-37(39-31)23-5-8-33(27(12-23)20-44)49-10-3-11-50-36-15-22(4-9-34(36)48-2)32-17-35(51-41-32)24-13-25(18-42)30(21-45)26(14-24)19-43/h4-9,12-17,37,39,42-45H,3,10-11,18-21H2,1-2H3,(H,40,46). The Morgan fingerprint density at radius 3 is 2.12 bits per heavy atom. The molecule has 13 heteroatoms. The van der Waals surface area contributed by atoms with Crippen LogP contribution < -0.4 is 29.6 Å². The average Bonchev–Trinajstić information content (AvgIpc) is 3.67. The molecule has 0 saturated heterocycles. The molecule has 266 valence electrons. The second kappa shape index (κ2) is 16.0. The Labute approximate surface area is 294 Å². The van der Waals surface area contributed by atoms with Crippen molar-refractivity contribution in [3.8, 4) is 45.6 Å². The second-order valence-electron chi connectivity index (χ2n) is 11.7. The number of fused-ring (bicyclic) bond motifs is 1. The maximum atomic E-state index is 12.8. The van der Waals surface area contributed by atoms with Crippen molar-refractivity contribution in [2.75, 3.05) is 32.8 Å². The molecule has 1 unspecified atom stereocenters. The van der Waals surface area contributed by atoms with Crippen LogP contribution in [0.2, 0.25) is 0 Å². The molecule has 5 aromatic rings. The van der Waals surface area contributed by atoms with Gasteiger partial charge in [0.2, 0.25) is 0 Å². The summed E-state index contributed by atoms with van der Waals surface area (Å²) in [6.45, 7) is -0.538. The van der Waals surface area contributed by atoms with E-state index in [1.807, 2.05) is 12.1 Å². The molecule has 0 bridgehead atoms. The number of hydrogen-bond donors (Lipinski definition) is 6. The smallest absolute Gasteiger partial charge is 0.255 e. The van der Waals surface area contributed by atoms with Crippen molar-refractivity contribution in [2.45, 2.75) is 39.0 Å². The first-order valence-corrected chi connectivity index (χ1v) is 16.3. The van der Waals surface area contributed by atoms with Gasteiger partial charge in [-0.05, 0) is 82.9 Å². The number of benzene rings is 4. The van der Waals surface area contributed by atoms with E-state index in [-0.39, 0.29) is 32.3 Å². The number of aliphatic hydroxyl groups excluding tert-OH is 4. The Morgan fingerprint density at radius 2 is 1.43 bits per heavy atom.